The van der Waals surface area contributed by atoms with Gasteiger partial charge in [-0.1, -0.05) is 26.8 Å². The van der Waals surface area contributed by atoms with E-state index < -0.39 is 23.8 Å². The van der Waals surface area contributed by atoms with Crippen LogP contribution in [0.4, 0.5) is 0 Å². The van der Waals surface area contributed by atoms with Gasteiger partial charge in [0.05, 0.1) is 11.1 Å². The van der Waals surface area contributed by atoms with E-state index in [-0.39, 0.29) is 18.7 Å². The third kappa shape index (κ3) is 4.60. The molecule has 4 amide bonds. The van der Waals surface area contributed by atoms with Crippen molar-refractivity contribution in [1.29, 1.82) is 0 Å². The molecule has 1 saturated carbocycles. The molecule has 7 nitrogen and oxygen atoms in total. The predicted molar refractivity (Wildman–Crippen MR) is 125 cm³/mol. The Bertz CT molecular complexity index is 959. The minimum atomic E-state index is -0.920. The van der Waals surface area contributed by atoms with E-state index in [4.69, 9.17) is 0 Å². The number of amides is 4. The number of rotatable bonds is 8. The summed E-state index contributed by atoms with van der Waals surface area (Å²) in [6, 6.07) is 4.64. The average Bonchev–Trinajstić information content (AvgIpc) is 3.36. The highest BCUT2D eigenvalue weighted by Crippen LogP contribution is 2.41. The summed E-state index contributed by atoms with van der Waals surface area (Å²) in [5.41, 5.74) is 1.80. The molecule has 2 aliphatic heterocycles. The Balaban J connectivity index is 1.46. The van der Waals surface area contributed by atoms with Crippen LogP contribution < -0.4 is 5.32 Å². The molecule has 1 aromatic rings. The summed E-state index contributed by atoms with van der Waals surface area (Å²) in [5, 5.41) is 2.24. The van der Waals surface area contributed by atoms with E-state index in [9.17, 15) is 19.2 Å². The average molecular weight is 454 g/mol. The quantitative estimate of drug-likeness (QED) is 0.610. The molecule has 1 saturated heterocycles. The van der Waals surface area contributed by atoms with E-state index in [0.29, 0.717) is 28.9 Å². The van der Waals surface area contributed by atoms with Crippen LogP contribution in [0.25, 0.3) is 0 Å². The van der Waals surface area contributed by atoms with Gasteiger partial charge in [0, 0.05) is 13.0 Å². The van der Waals surface area contributed by atoms with E-state index >= 15 is 0 Å². The van der Waals surface area contributed by atoms with Crippen molar-refractivity contribution in [2.24, 2.45) is 11.8 Å². The van der Waals surface area contributed by atoms with Gasteiger partial charge < -0.3 is 4.90 Å². The number of hydrogen-bond acceptors (Lipinski definition) is 5. The maximum atomic E-state index is 13.1. The fourth-order valence-corrected chi connectivity index (χ4v) is 5.84. The lowest BCUT2D eigenvalue weighted by molar-refractivity contribution is -0.136. The van der Waals surface area contributed by atoms with E-state index in [1.54, 1.807) is 6.07 Å². The third-order valence-electron chi connectivity index (χ3n) is 7.78. The topological polar surface area (TPSA) is 86.8 Å². The molecule has 2 heterocycles. The molecule has 0 radical (unpaired) electrons. The van der Waals surface area contributed by atoms with Gasteiger partial charge >= 0.3 is 0 Å². The summed E-state index contributed by atoms with van der Waals surface area (Å²) < 4.78 is 0. The number of fused-ring (bicyclic) bond motifs is 1. The number of imide groups is 2. The third-order valence-corrected chi connectivity index (χ3v) is 7.78. The highest BCUT2D eigenvalue weighted by atomic mass is 16.2. The van der Waals surface area contributed by atoms with Crippen LogP contribution in [0, 0.1) is 11.8 Å². The first-order valence-corrected chi connectivity index (χ1v) is 12.4. The molecule has 0 bridgehead atoms. The van der Waals surface area contributed by atoms with Crippen LogP contribution in [0.2, 0.25) is 0 Å². The fraction of sp³-hybridized carbons (Fsp3) is 0.615. The van der Waals surface area contributed by atoms with Crippen molar-refractivity contribution in [3.63, 3.8) is 0 Å². The Labute approximate surface area is 195 Å². The molecule has 3 aliphatic rings. The molecule has 4 atom stereocenters. The zero-order chi connectivity index (χ0) is 23.7. The van der Waals surface area contributed by atoms with Crippen molar-refractivity contribution in [1.82, 2.24) is 15.1 Å². The Morgan fingerprint density at radius 1 is 1.06 bits per heavy atom. The monoisotopic (exact) mass is 453 g/mol. The summed E-state index contributed by atoms with van der Waals surface area (Å²) in [4.78, 5) is 53.4. The smallest absolute Gasteiger partial charge is 0.262 e. The van der Waals surface area contributed by atoms with Crippen LogP contribution in [0.3, 0.4) is 0 Å². The number of nitrogens with zero attached hydrogens (tertiary/aromatic N) is 2. The number of carbonyl (C=O) groups is 4. The lowest BCUT2D eigenvalue weighted by Crippen LogP contribution is -2.54. The van der Waals surface area contributed by atoms with Crippen molar-refractivity contribution in [2.75, 3.05) is 19.6 Å². The van der Waals surface area contributed by atoms with Crippen LogP contribution in [0.5, 0.6) is 0 Å². The highest BCUT2D eigenvalue weighted by molar-refractivity contribution is 6.23. The van der Waals surface area contributed by atoms with Crippen molar-refractivity contribution in [3.8, 4) is 0 Å². The van der Waals surface area contributed by atoms with E-state index in [1.165, 1.54) is 25.7 Å². The number of carbonyl (C=O) groups excluding carboxylic acids is 4. The zero-order valence-corrected chi connectivity index (χ0v) is 19.9. The van der Waals surface area contributed by atoms with Crippen LogP contribution >= 0.6 is 0 Å². The van der Waals surface area contributed by atoms with Gasteiger partial charge in [0.2, 0.25) is 11.8 Å². The lowest BCUT2D eigenvalue weighted by atomic mass is 9.84. The summed E-state index contributed by atoms with van der Waals surface area (Å²) in [6.45, 7) is 10.1. The van der Waals surface area contributed by atoms with E-state index in [2.05, 4.69) is 31.0 Å². The van der Waals surface area contributed by atoms with E-state index in [0.717, 1.165) is 30.1 Å². The normalized spacial score (nSPS) is 26.2. The first-order valence-electron chi connectivity index (χ1n) is 12.4. The summed E-state index contributed by atoms with van der Waals surface area (Å²) >= 11 is 0. The largest absolute Gasteiger partial charge is 0.303 e. The second-order valence-corrected chi connectivity index (χ2v) is 9.87. The SMILES string of the molecule is CCCN(CC)CC1CCC(C(C)c2ccc3c(c2)C(=O)N(C2CCC(=O)NC2=O)C3=O)C1. The molecule has 1 aromatic carbocycles. The minimum Gasteiger partial charge on any atom is -0.303 e. The van der Waals surface area contributed by atoms with Crippen molar-refractivity contribution >= 4 is 23.6 Å². The van der Waals surface area contributed by atoms with Crippen LogP contribution in [0.15, 0.2) is 18.2 Å². The molecule has 4 unspecified atom stereocenters. The molecule has 2 fully saturated rings. The molecule has 0 aromatic heterocycles. The van der Waals surface area contributed by atoms with Gasteiger partial charge in [-0.05, 0) is 80.6 Å². The van der Waals surface area contributed by atoms with Gasteiger partial charge in [0.1, 0.15) is 6.04 Å². The van der Waals surface area contributed by atoms with Crippen LogP contribution in [-0.4, -0.2) is 59.1 Å². The molecule has 4 rings (SSSR count). The van der Waals surface area contributed by atoms with Crippen molar-refractivity contribution in [3.05, 3.63) is 34.9 Å². The van der Waals surface area contributed by atoms with Gasteiger partial charge in [-0.2, -0.15) is 0 Å². The Hall–Kier alpha value is -2.54. The fourth-order valence-electron chi connectivity index (χ4n) is 5.84. The number of nitrogens with one attached hydrogen (secondary N) is 1. The molecule has 0 spiro atoms. The Morgan fingerprint density at radius 2 is 1.82 bits per heavy atom. The maximum Gasteiger partial charge on any atom is 0.262 e. The number of benzene rings is 1. The molecule has 33 heavy (non-hydrogen) atoms. The number of piperidine rings is 1. The summed E-state index contributed by atoms with van der Waals surface area (Å²) in [5.74, 6) is -0.238. The van der Waals surface area contributed by atoms with Crippen molar-refractivity contribution in [2.45, 2.75) is 71.3 Å². The van der Waals surface area contributed by atoms with Gasteiger partial charge in [0.15, 0.2) is 0 Å². The molecule has 7 heteroatoms. The Morgan fingerprint density at radius 3 is 2.52 bits per heavy atom. The first-order chi connectivity index (χ1) is 15.8. The Kier molecular flexibility index (Phi) is 6.98. The minimum absolute atomic E-state index is 0.128. The molecular formula is C26H35N3O4. The van der Waals surface area contributed by atoms with Crippen LogP contribution in [0.1, 0.15) is 91.5 Å². The number of hydrogen-bond donors (Lipinski definition) is 1. The van der Waals surface area contributed by atoms with Gasteiger partial charge in [0.25, 0.3) is 11.8 Å². The standard InChI is InChI=1S/C26H35N3O4/c1-4-12-28(5-2)15-17-6-7-18(13-17)16(3)19-8-9-20-21(14-19)26(33)29(25(20)32)22-10-11-23(30)27-24(22)31/h8-9,14,16-18,22H,4-7,10-13,15H2,1-3H3,(H,27,30,31). The van der Waals surface area contributed by atoms with Gasteiger partial charge in [-0.15, -0.1) is 0 Å². The second kappa shape index (κ2) is 9.75. The first kappa shape index (κ1) is 23.6. The predicted octanol–water partition coefficient (Wildman–Crippen LogP) is 3.34. The highest BCUT2D eigenvalue weighted by Gasteiger charge is 2.45. The molecule has 1 aliphatic carbocycles. The van der Waals surface area contributed by atoms with E-state index in [1.807, 2.05) is 12.1 Å². The van der Waals surface area contributed by atoms with Gasteiger partial charge in [-0.3, -0.25) is 29.4 Å². The zero-order valence-electron chi connectivity index (χ0n) is 19.9. The van der Waals surface area contributed by atoms with Crippen molar-refractivity contribution < 1.29 is 19.2 Å². The molecule has 1 N–H and O–H groups in total. The molecular weight excluding hydrogens is 418 g/mol. The summed E-state index contributed by atoms with van der Waals surface area (Å²) in [6.07, 6.45) is 5.09. The second-order valence-electron chi connectivity index (χ2n) is 9.87. The molecule has 178 valence electrons. The maximum absolute atomic E-state index is 13.1. The van der Waals surface area contributed by atoms with Gasteiger partial charge in [-0.25, -0.2) is 0 Å². The summed E-state index contributed by atoms with van der Waals surface area (Å²) in [7, 11) is 0. The van der Waals surface area contributed by atoms with Crippen LogP contribution in [-0.2, 0) is 9.59 Å². The lowest BCUT2D eigenvalue weighted by Gasteiger charge is -2.27.